The third kappa shape index (κ3) is 2.14. The lowest BCUT2D eigenvalue weighted by Crippen LogP contribution is -2.63. The number of aromatic amines is 1. The molecule has 0 spiro atoms. The smallest absolute Gasteiger partial charge is 0.231 e. The Hall–Kier alpha value is -2.64. The van der Waals surface area contributed by atoms with Crippen molar-refractivity contribution in [2.45, 2.75) is 0 Å². The highest BCUT2D eigenvalue weighted by molar-refractivity contribution is 5.86. The summed E-state index contributed by atoms with van der Waals surface area (Å²) in [6.07, 6.45) is 4.65. The van der Waals surface area contributed by atoms with Gasteiger partial charge in [-0.25, -0.2) is 4.99 Å². The predicted octanol–water partition coefficient (Wildman–Crippen LogP) is -2.07. The van der Waals surface area contributed by atoms with Gasteiger partial charge in [0.2, 0.25) is 5.95 Å². The zero-order valence-corrected chi connectivity index (χ0v) is 9.23. The van der Waals surface area contributed by atoms with Gasteiger partial charge in [0.05, 0.1) is 11.6 Å². The normalized spacial score (nSPS) is 12.4. The Morgan fingerprint density at radius 3 is 3.06 bits per heavy atom. The number of H-pyrrole nitrogens is 1. The maximum absolute atomic E-state index is 5.76. The molecule has 0 fully saturated rings. The average Bonchev–Trinajstić information content (AvgIpc) is 2.77. The van der Waals surface area contributed by atoms with E-state index >= 15 is 0 Å². The number of nitrogen functional groups attached to an aromatic ring is 1. The summed E-state index contributed by atoms with van der Waals surface area (Å²) in [5.41, 5.74) is 12.4. The highest BCUT2D eigenvalue weighted by Gasteiger charge is 2.07. The van der Waals surface area contributed by atoms with Crippen LogP contribution in [-0.4, -0.2) is 33.4 Å². The van der Waals surface area contributed by atoms with E-state index in [0.717, 1.165) is 0 Å². The maximum atomic E-state index is 5.76. The Morgan fingerprint density at radius 2 is 2.35 bits per heavy atom. The Morgan fingerprint density at radius 1 is 1.53 bits per heavy atom. The van der Waals surface area contributed by atoms with E-state index in [4.69, 9.17) is 11.5 Å². The Kier molecular flexibility index (Phi) is 2.86. The van der Waals surface area contributed by atoms with Crippen LogP contribution in [0.4, 0.5) is 11.8 Å². The summed E-state index contributed by atoms with van der Waals surface area (Å²) in [5, 5.41) is 10.2. The van der Waals surface area contributed by atoms with Crippen molar-refractivity contribution in [3.63, 3.8) is 0 Å². The first-order valence-electron chi connectivity index (χ1n) is 4.90. The fraction of sp³-hybridized carbons (Fsp3) is 0.111. The van der Waals surface area contributed by atoms with Crippen LogP contribution < -0.4 is 21.8 Å². The molecule has 0 aromatic carbocycles. The first-order chi connectivity index (χ1) is 8.24. The molecule has 2 heterocycles. The number of anilines is 2. The summed E-state index contributed by atoms with van der Waals surface area (Å²) in [6.45, 7) is 0. The minimum atomic E-state index is 0.349. The number of nitrogens with one attached hydrogen (secondary N) is 3. The van der Waals surface area contributed by atoms with E-state index in [1.807, 2.05) is 0 Å². The van der Waals surface area contributed by atoms with Gasteiger partial charge in [-0.05, 0) is 0 Å². The fourth-order valence-corrected chi connectivity index (χ4v) is 1.32. The lowest BCUT2D eigenvalue weighted by molar-refractivity contribution is -0.413. The van der Waals surface area contributed by atoms with E-state index in [1.165, 1.54) is 6.20 Å². The second-order valence-corrected chi connectivity index (χ2v) is 3.24. The second kappa shape index (κ2) is 4.47. The van der Waals surface area contributed by atoms with Gasteiger partial charge in [0.25, 0.3) is 0 Å². The number of allylic oxidation sites excluding steroid dienone is 1. The molecule has 8 heteroatoms. The number of aromatic nitrogens is 4. The van der Waals surface area contributed by atoms with Crippen LogP contribution in [0.2, 0.25) is 0 Å². The Bertz CT molecular complexity index is 582. The van der Waals surface area contributed by atoms with Gasteiger partial charge < -0.3 is 16.8 Å². The second-order valence-electron chi connectivity index (χ2n) is 3.24. The van der Waals surface area contributed by atoms with Gasteiger partial charge in [0.15, 0.2) is 11.9 Å². The van der Waals surface area contributed by atoms with E-state index in [1.54, 1.807) is 19.5 Å². The largest absolute Gasteiger partial charge is 0.403 e. The molecule has 2 aromatic heterocycles. The van der Waals surface area contributed by atoms with Gasteiger partial charge in [-0.15, -0.1) is 0 Å². The van der Waals surface area contributed by atoms with E-state index in [0.29, 0.717) is 28.5 Å². The van der Waals surface area contributed by atoms with Gasteiger partial charge in [-0.1, -0.05) is 0 Å². The number of hydrogen-bond acceptors (Lipinski definition) is 6. The highest BCUT2D eigenvalue weighted by atomic mass is 15.2. The van der Waals surface area contributed by atoms with Crippen LogP contribution in [0.1, 0.15) is 0 Å². The van der Waals surface area contributed by atoms with Crippen LogP contribution in [0.5, 0.6) is 0 Å². The van der Waals surface area contributed by atoms with E-state index in [9.17, 15) is 0 Å². The lowest BCUT2D eigenvalue weighted by Gasteiger charge is -2.03. The predicted molar refractivity (Wildman–Crippen MR) is 64.9 cm³/mol. The molecule has 0 aliphatic rings. The molecule has 0 atom stereocenters. The first kappa shape index (κ1) is 10.9. The molecular weight excluding hydrogens is 220 g/mol. The molecule has 0 saturated carbocycles. The van der Waals surface area contributed by atoms with Gasteiger partial charge >= 0.3 is 0 Å². The van der Waals surface area contributed by atoms with Gasteiger partial charge in [0.1, 0.15) is 18.6 Å². The molecule has 0 aliphatic carbocycles. The van der Waals surface area contributed by atoms with Gasteiger partial charge in [0, 0.05) is 6.20 Å². The number of nitrogens with two attached hydrogens (primary N) is 2. The molecule has 0 bridgehead atoms. The first-order valence-corrected chi connectivity index (χ1v) is 4.90. The SMILES string of the molecule is C[NH+]=CC(=CN)Nc1nc(N)c2cn[nH]c2n1. The minimum Gasteiger partial charge on any atom is -0.403 e. The van der Waals surface area contributed by atoms with Gasteiger partial charge in [-0.2, -0.15) is 15.1 Å². The highest BCUT2D eigenvalue weighted by Crippen LogP contribution is 2.16. The van der Waals surface area contributed by atoms with Crippen LogP contribution in [-0.2, 0) is 0 Å². The van der Waals surface area contributed by atoms with Crippen LogP contribution >= 0.6 is 0 Å². The molecule has 17 heavy (non-hydrogen) atoms. The molecule has 0 unspecified atom stereocenters. The van der Waals surface area contributed by atoms with E-state index in [-0.39, 0.29) is 0 Å². The van der Waals surface area contributed by atoms with Gasteiger partial charge in [-0.3, -0.25) is 5.10 Å². The molecule has 0 aliphatic heterocycles. The number of nitrogens with zero attached hydrogens (tertiary/aromatic N) is 3. The molecule has 0 radical (unpaired) electrons. The van der Waals surface area contributed by atoms with Crippen LogP contribution in [0.3, 0.4) is 0 Å². The summed E-state index contributed by atoms with van der Waals surface area (Å²) < 4.78 is 0. The molecule has 0 saturated heterocycles. The van der Waals surface area contributed by atoms with Crippen molar-refractivity contribution in [1.29, 1.82) is 0 Å². The zero-order chi connectivity index (χ0) is 12.3. The zero-order valence-electron chi connectivity index (χ0n) is 9.23. The van der Waals surface area contributed by atoms with Crippen molar-refractivity contribution in [1.82, 2.24) is 20.2 Å². The number of rotatable bonds is 3. The van der Waals surface area contributed by atoms with Crippen molar-refractivity contribution in [3.8, 4) is 0 Å². The van der Waals surface area contributed by atoms with Crippen LogP contribution in [0.25, 0.3) is 11.0 Å². The Balaban J connectivity index is 2.36. The lowest BCUT2D eigenvalue weighted by atomic mass is 10.4. The van der Waals surface area contributed by atoms with Crippen LogP contribution in [0.15, 0.2) is 18.1 Å². The van der Waals surface area contributed by atoms with Crippen molar-refractivity contribution in [3.05, 3.63) is 18.1 Å². The molecular formula is C9H13N8+. The maximum Gasteiger partial charge on any atom is 0.231 e. The molecule has 7 N–H and O–H groups in total. The van der Waals surface area contributed by atoms with E-state index in [2.05, 4.69) is 30.5 Å². The van der Waals surface area contributed by atoms with Crippen molar-refractivity contribution < 1.29 is 4.99 Å². The monoisotopic (exact) mass is 233 g/mol. The number of hydrogen-bond donors (Lipinski definition) is 5. The standard InChI is InChI=1S/C9H12N8/c1-12-3-5(2-10)14-9-15-7(11)6-4-13-17-8(6)16-9/h2-4H,10H2,1H3,(H4,11,13,14,15,16,17)/p+1. The van der Waals surface area contributed by atoms with Crippen molar-refractivity contribution in [2.75, 3.05) is 18.1 Å². The van der Waals surface area contributed by atoms with Crippen molar-refractivity contribution >= 4 is 29.0 Å². The molecule has 0 amide bonds. The molecule has 88 valence electrons. The number of fused-ring (bicyclic) bond motifs is 1. The minimum absolute atomic E-state index is 0.349. The molecule has 2 rings (SSSR count). The summed E-state index contributed by atoms with van der Waals surface area (Å²) in [6, 6.07) is 0. The summed E-state index contributed by atoms with van der Waals surface area (Å²) in [5.74, 6) is 0.703. The topological polar surface area (TPSA) is 132 Å². The fourth-order valence-electron chi connectivity index (χ4n) is 1.32. The third-order valence-corrected chi connectivity index (χ3v) is 2.07. The third-order valence-electron chi connectivity index (χ3n) is 2.07. The molecule has 8 nitrogen and oxygen atoms in total. The summed E-state index contributed by atoms with van der Waals surface area (Å²) >= 11 is 0. The Labute approximate surface area is 96.8 Å². The summed E-state index contributed by atoms with van der Waals surface area (Å²) in [7, 11) is 1.76. The summed E-state index contributed by atoms with van der Waals surface area (Å²) in [4.78, 5) is 11.1. The van der Waals surface area contributed by atoms with Crippen molar-refractivity contribution in [2.24, 2.45) is 5.73 Å². The van der Waals surface area contributed by atoms with E-state index < -0.39 is 0 Å². The quantitative estimate of drug-likeness (QED) is 0.387. The molecule has 2 aromatic rings. The average molecular weight is 233 g/mol. The van der Waals surface area contributed by atoms with Crippen LogP contribution in [0, 0.1) is 0 Å².